The molecule has 1 aliphatic heterocycles. The summed E-state index contributed by atoms with van der Waals surface area (Å²) in [4.78, 5) is 17.2. The fourth-order valence-corrected chi connectivity index (χ4v) is 3.93. The first kappa shape index (κ1) is 20.4. The van der Waals surface area contributed by atoms with Crippen LogP contribution in [0, 0.1) is 5.82 Å². The van der Waals surface area contributed by atoms with Gasteiger partial charge >= 0.3 is 0 Å². The van der Waals surface area contributed by atoms with Gasteiger partial charge in [-0.05, 0) is 74.3 Å². The molecule has 0 unspecified atom stereocenters. The third kappa shape index (κ3) is 5.16. The number of halogens is 1. The molecular formula is C25H27FN2O2. The molecule has 1 saturated heterocycles. The van der Waals surface area contributed by atoms with Crippen molar-refractivity contribution >= 4 is 5.91 Å². The predicted octanol–water partition coefficient (Wildman–Crippen LogP) is 4.87. The van der Waals surface area contributed by atoms with Gasteiger partial charge in [-0.1, -0.05) is 30.3 Å². The summed E-state index contributed by atoms with van der Waals surface area (Å²) < 4.78 is 18.9. The van der Waals surface area contributed by atoms with Gasteiger partial charge in [-0.25, -0.2) is 4.39 Å². The summed E-state index contributed by atoms with van der Waals surface area (Å²) in [5.74, 6) is 0.552. The van der Waals surface area contributed by atoms with Gasteiger partial charge in [0.05, 0.1) is 0 Å². The molecule has 30 heavy (non-hydrogen) atoms. The molecule has 0 saturated carbocycles. The van der Waals surface area contributed by atoms with E-state index in [0.717, 1.165) is 51.0 Å². The van der Waals surface area contributed by atoms with E-state index in [9.17, 15) is 9.18 Å². The molecule has 1 aliphatic rings. The van der Waals surface area contributed by atoms with Gasteiger partial charge in [0.15, 0.2) is 5.76 Å². The Morgan fingerprint density at radius 3 is 2.50 bits per heavy atom. The van der Waals surface area contributed by atoms with Crippen LogP contribution in [0.2, 0.25) is 0 Å². The van der Waals surface area contributed by atoms with Crippen LogP contribution >= 0.6 is 0 Å². The van der Waals surface area contributed by atoms with E-state index < -0.39 is 0 Å². The van der Waals surface area contributed by atoms with Gasteiger partial charge in [0, 0.05) is 25.2 Å². The number of hydrogen-bond acceptors (Lipinski definition) is 3. The molecule has 5 heteroatoms. The number of rotatable bonds is 6. The van der Waals surface area contributed by atoms with Crippen molar-refractivity contribution < 1.29 is 13.6 Å². The van der Waals surface area contributed by atoms with E-state index in [0.29, 0.717) is 18.1 Å². The lowest BCUT2D eigenvalue weighted by atomic mass is 10.1. The number of aryl methyl sites for hydroxylation is 1. The largest absolute Gasteiger partial charge is 0.451 e. The van der Waals surface area contributed by atoms with E-state index in [1.807, 2.05) is 11.0 Å². The number of amides is 1. The van der Waals surface area contributed by atoms with Crippen LogP contribution < -0.4 is 0 Å². The molecule has 2 aromatic carbocycles. The third-order valence-electron chi connectivity index (χ3n) is 5.60. The summed E-state index contributed by atoms with van der Waals surface area (Å²) in [6, 6.07) is 20.1. The van der Waals surface area contributed by atoms with Crippen LogP contribution in [-0.2, 0) is 6.42 Å². The summed E-state index contributed by atoms with van der Waals surface area (Å²) in [6.07, 6.45) is 3.17. The molecule has 4 nitrogen and oxygen atoms in total. The average Bonchev–Trinajstić information content (AvgIpc) is 3.15. The lowest BCUT2D eigenvalue weighted by molar-refractivity contribution is 0.0730. The minimum atomic E-state index is -0.292. The van der Waals surface area contributed by atoms with Gasteiger partial charge in [0.1, 0.15) is 11.6 Å². The zero-order valence-corrected chi connectivity index (χ0v) is 17.1. The minimum absolute atomic E-state index is 0.0745. The van der Waals surface area contributed by atoms with Crippen LogP contribution in [0.25, 0.3) is 11.3 Å². The van der Waals surface area contributed by atoms with Crippen LogP contribution in [0.5, 0.6) is 0 Å². The summed E-state index contributed by atoms with van der Waals surface area (Å²) in [5, 5.41) is 0. The maximum Gasteiger partial charge on any atom is 0.289 e. The number of carbonyl (C=O) groups excluding carboxylic acids is 1. The Kier molecular flexibility index (Phi) is 6.60. The van der Waals surface area contributed by atoms with E-state index in [4.69, 9.17) is 4.42 Å². The highest BCUT2D eigenvalue weighted by Crippen LogP contribution is 2.23. The van der Waals surface area contributed by atoms with Crippen molar-refractivity contribution in [2.75, 3.05) is 32.7 Å². The fourth-order valence-electron chi connectivity index (χ4n) is 3.93. The number of carbonyl (C=O) groups is 1. The van der Waals surface area contributed by atoms with Crippen molar-refractivity contribution in [3.8, 4) is 11.3 Å². The second-order valence-electron chi connectivity index (χ2n) is 7.75. The topological polar surface area (TPSA) is 36.7 Å². The summed E-state index contributed by atoms with van der Waals surface area (Å²) >= 11 is 0. The van der Waals surface area contributed by atoms with Crippen molar-refractivity contribution in [1.82, 2.24) is 9.80 Å². The van der Waals surface area contributed by atoms with Crippen LogP contribution in [0.4, 0.5) is 4.39 Å². The van der Waals surface area contributed by atoms with Crippen LogP contribution in [0.1, 0.15) is 29.0 Å². The molecule has 0 spiro atoms. The maximum absolute atomic E-state index is 13.1. The predicted molar refractivity (Wildman–Crippen MR) is 116 cm³/mol. The highest BCUT2D eigenvalue weighted by atomic mass is 19.1. The van der Waals surface area contributed by atoms with Crippen LogP contribution in [0.3, 0.4) is 0 Å². The Hall–Kier alpha value is -2.92. The molecule has 2 heterocycles. The number of nitrogens with zero attached hydrogens (tertiary/aromatic N) is 2. The van der Waals surface area contributed by atoms with E-state index in [1.165, 1.54) is 17.7 Å². The molecule has 0 atom stereocenters. The average molecular weight is 407 g/mol. The van der Waals surface area contributed by atoms with Gasteiger partial charge in [0.2, 0.25) is 0 Å². The van der Waals surface area contributed by atoms with Gasteiger partial charge in [-0.3, -0.25) is 4.79 Å². The van der Waals surface area contributed by atoms with Gasteiger partial charge in [-0.2, -0.15) is 0 Å². The third-order valence-corrected chi connectivity index (χ3v) is 5.60. The first-order valence-corrected chi connectivity index (χ1v) is 10.6. The Labute approximate surface area is 176 Å². The lowest BCUT2D eigenvalue weighted by Gasteiger charge is -2.21. The normalized spacial score (nSPS) is 15.2. The Morgan fingerprint density at radius 2 is 1.70 bits per heavy atom. The molecule has 1 fully saturated rings. The van der Waals surface area contributed by atoms with E-state index in [-0.39, 0.29) is 11.7 Å². The highest BCUT2D eigenvalue weighted by molar-refractivity contribution is 5.92. The SMILES string of the molecule is O=C(c1ccc(-c2ccc(F)cc2)o1)N1CCCN(CCCc2ccccc2)CC1. The van der Waals surface area contributed by atoms with Crippen LogP contribution in [0.15, 0.2) is 71.1 Å². The Balaban J connectivity index is 1.29. The lowest BCUT2D eigenvalue weighted by Crippen LogP contribution is -2.35. The molecule has 0 bridgehead atoms. The molecule has 0 N–H and O–H groups in total. The molecule has 0 radical (unpaired) electrons. The molecule has 0 aliphatic carbocycles. The number of furan rings is 1. The Morgan fingerprint density at radius 1 is 0.900 bits per heavy atom. The zero-order valence-electron chi connectivity index (χ0n) is 17.1. The van der Waals surface area contributed by atoms with E-state index in [1.54, 1.807) is 24.3 Å². The fraction of sp³-hybridized carbons (Fsp3) is 0.320. The summed E-state index contributed by atoms with van der Waals surface area (Å²) in [6.45, 7) is 4.38. The molecule has 1 amide bonds. The monoisotopic (exact) mass is 406 g/mol. The molecular weight excluding hydrogens is 379 g/mol. The Bertz CT molecular complexity index is 953. The first-order valence-electron chi connectivity index (χ1n) is 10.6. The zero-order chi connectivity index (χ0) is 20.8. The molecule has 156 valence electrons. The molecule has 4 rings (SSSR count). The first-order chi connectivity index (χ1) is 14.7. The molecule has 3 aromatic rings. The van der Waals surface area contributed by atoms with Crippen molar-refractivity contribution in [2.24, 2.45) is 0 Å². The minimum Gasteiger partial charge on any atom is -0.451 e. The summed E-state index contributed by atoms with van der Waals surface area (Å²) in [7, 11) is 0. The molecule has 1 aromatic heterocycles. The van der Waals surface area contributed by atoms with E-state index >= 15 is 0 Å². The van der Waals surface area contributed by atoms with Crippen molar-refractivity contribution in [3.05, 3.63) is 83.9 Å². The van der Waals surface area contributed by atoms with Crippen LogP contribution in [-0.4, -0.2) is 48.4 Å². The maximum atomic E-state index is 13.1. The van der Waals surface area contributed by atoms with Crippen molar-refractivity contribution in [1.29, 1.82) is 0 Å². The van der Waals surface area contributed by atoms with Gasteiger partial charge in [-0.15, -0.1) is 0 Å². The van der Waals surface area contributed by atoms with Crippen molar-refractivity contribution in [2.45, 2.75) is 19.3 Å². The van der Waals surface area contributed by atoms with Gasteiger partial charge < -0.3 is 14.2 Å². The number of benzene rings is 2. The quantitative estimate of drug-likeness (QED) is 0.586. The second kappa shape index (κ2) is 9.72. The van der Waals surface area contributed by atoms with Gasteiger partial charge in [0.25, 0.3) is 5.91 Å². The number of hydrogen-bond donors (Lipinski definition) is 0. The summed E-state index contributed by atoms with van der Waals surface area (Å²) in [5.41, 5.74) is 2.13. The van der Waals surface area contributed by atoms with Crippen molar-refractivity contribution in [3.63, 3.8) is 0 Å². The second-order valence-corrected chi connectivity index (χ2v) is 7.75. The standard InChI is InChI=1S/C25H27FN2O2/c26-22-11-9-21(10-12-22)23-13-14-24(30-23)25(29)28-17-5-16-27(18-19-28)15-4-8-20-6-2-1-3-7-20/h1-3,6-7,9-14H,4-5,8,15-19H2. The van der Waals surface area contributed by atoms with E-state index in [2.05, 4.69) is 29.2 Å². The smallest absolute Gasteiger partial charge is 0.289 e. The highest BCUT2D eigenvalue weighted by Gasteiger charge is 2.22.